The fourth-order valence-corrected chi connectivity index (χ4v) is 3.06. The van der Waals surface area contributed by atoms with E-state index in [0.29, 0.717) is 11.1 Å². The van der Waals surface area contributed by atoms with Gasteiger partial charge in [0.05, 0.1) is 17.4 Å². The summed E-state index contributed by atoms with van der Waals surface area (Å²) in [5.74, 6) is -0.250. The standard InChI is InChI=1S/C12H16N2O3S2/c1-10(18(2)15)8-14-19(16,17)9-12-6-4-3-5-11(12)7-13/h3-6,10,14H,8-9H2,1-2H3. The maximum absolute atomic E-state index is 11.9. The highest BCUT2D eigenvalue weighted by molar-refractivity contribution is 7.88. The van der Waals surface area contributed by atoms with Gasteiger partial charge in [-0.25, -0.2) is 13.1 Å². The summed E-state index contributed by atoms with van der Waals surface area (Å²) in [5, 5.41) is 8.65. The van der Waals surface area contributed by atoms with Gasteiger partial charge in [-0.1, -0.05) is 18.2 Å². The molecule has 0 fully saturated rings. The molecule has 2 atom stereocenters. The third-order valence-electron chi connectivity index (χ3n) is 2.64. The summed E-state index contributed by atoms with van der Waals surface area (Å²) >= 11 is 0. The van der Waals surface area contributed by atoms with Gasteiger partial charge in [0.2, 0.25) is 10.0 Å². The van der Waals surface area contributed by atoms with Crippen molar-refractivity contribution in [3.05, 3.63) is 35.4 Å². The molecule has 0 aromatic heterocycles. The zero-order valence-corrected chi connectivity index (χ0v) is 12.4. The summed E-state index contributed by atoms with van der Waals surface area (Å²) in [5.41, 5.74) is 0.808. The molecule has 2 unspecified atom stereocenters. The number of hydrogen-bond donors (Lipinski definition) is 1. The molecular weight excluding hydrogens is 284 g/mol. The minimum Gasteiger partial charge on any atom is -0.260 e. The van der Waals surface area contributed by atoms with Gasteiger partial charge in [0.15, 0.2) is 0 Å². The van der Waals surface area contributed by atoms with Crippen LogP contribution in [0, 0.1) is 11.3 Å². The summed E-state index contributed by atoms with van der Waals surface area (Å²) in [6, 6.07) is 8.52. The summed E-state index contributed by atoms with van der Waals surface area (Å²) in [7, 11) is -4.61. The van der Waals surface area contributed by atoms with Crippen molar-refractivity contribution in [2.24, 2.45) is 0 Å². The van der Waals surface area contributed by atoms with Crippen molar-refractivity contribution in [3.8, 4) is 6.07 Å². The van der Waals surface area contributed by atoms with Gasteiger partial charge >= 0.3 is 0 Å². The van der Waals surface area contributed by atoms with Gasteiger partial charge in [-0.05, 0) is 18.6 Å². The van der Waals surface area contributed by atoms with E-state index in [-0.39, 0.29) is 17.5 Å². The maximum atomic E-state index is 11.9. The molecule has 19 heavy (non-hydrogen) atoms. The molecule has 0 bridgehead atoms. The van der Waals surface area contributed by atoms with E-state index in [4.69, 9.17) is 5.26 Å². The van der Waals surface area contributed by atoms with Crippen LogP contribution in [0.1, 0.15) is 18.1 Å². The Morgan fingerprint density at radius 3 is 2.63 bits per heavy atom. The Morgan fingerprint density at radius 2 is 2.05 bits per heavy atom. The summed E-state index contributed by atoms with van der Waals surface area (Å²) in [6.45, 7) is 1.84. The van der Waals surface area contributed by atoms with Gasteiger partial charge in [-0.3, -0.25) is 4.21 Å². The predicted octanol–water partition coefficient (Wildman–Crippen LogP) is 0.745. The third kappa shape index (κ3) is 5.11. The summed E-state index contributed by atoms with van der Waals surface area (Å²) in [6.07, 6.45) is 1.53. The number of sulfonamides is 1. The van der Waals surface area contributed by atoms with Crippen molar-refractivity contribution in [1.82, 2.24) is 4.72 Å². The van der Waals surface area contributed by atoms with Crippen LogP contribution in [-0.2, 0) is 26.6 Å². The molecule has 1 aromatic rings. The molecule has 0 saturated carbocycles. The van der Waals surface area contributed by atoms with E-state index in [2.05, 4.69) is 4.72 Å². The minimum absolute atomic E-state index is 0.125. The van der Waals surface area contributed by atoms with E-state index < -0.39 is 20.8 Å². The van der Waals surface area contributed by atoms with Crippen molar-refractivity contribution in [3.63, 3.8) is 0 Å². The second kappa shape index (κ2) is 6.80. The number of nitrogens with zero attached hydrogens (tertiary/aromatic N) is 1. The SMILES string of the molecule is CC(CNS(=O)(=O)Cc1ccccc1C#N)S(C)=O. The third-order valence-corrected chi connectivity index (χ3v) is 5.24. The van der Waals surface area contributed by atoms with Crippen molar-refractivity contribution < 1.29 is 12.6 Å². The largest absolute Gasteiger partial charge is 0.260 e. The Bertz CT molecular complexity index is 606. The molecule has 0 spiro atoms. The van der Waals surface area contributed by atoms with Gasteiger partial charge < -0.3 is 0 Å². The van der Waals surface area contributed by atoms with Crippen LogP contribution >= 0.6 is 0 Å². The van der Waals surface area contributed by atoms with Gasteiger partial charge in [0, 0.05) is 28.9 Å². The van der Waals surface area contributed by atoms with Crippen molar-refractivity contribution in [2.45, 2.75) is 17.9 Å². The molecule has 0 heterocycles. The van der Waals surface area contributed by atoms with E-state index in [1.54, 1.807) is 31.2 Å². The highest BCUT2D eigenvalue weighted by Crippen LogP contribution is 2.10. The highest BCUT2D eigenvalue weighted by atomic mass is 32.2. The summed E-state index contributed by atoms with van der Waals surface area (Å²) in [4.78, 5) is 0. The van der Waals surface area contributed by atoms with Crippen molar-refractivity contribution >= 4 is 20.8 Å². The molecule has 7 heteroatoms. The zero-order valence-electron chi connectivity index (χ0n) is 10.8. The van der Waals surface area contributed by atoms with Crippen LogP contribution in [-0.4, -0.2) is 30.7 Å². The Hall–Kier alpha value is -1.23. The molecule has 1 rings (SSSR count). The predicted molar refractivity (Wildman–Crippen MR) is 75.3 cm³/mol. The molecule has 104 valence electrons. The van der Waals surface area contributed by atoms with Gasteiger partial charge in [-0.15, -0.1) is 0 Å². The molecular formula is C12H16N2O3S2. The monoisotopic (exact) mass is 300 g/mol. The fourth-order valence-electron chi connectivity index (χ4n) is 1.37. The quantitative estimate of drug-likeness (QED) is 0.839. The molecule has 0 aliphatic rings. The van der Waals surface area contributed by atoms with Crippen LogP contribution < -0.4 is 4.72 Å². The number of benzene rings is 1. The Kier molecular flexibility index (Phi) is 5.66. The lowest BCUT2D eigenvalue weighted by Crippen LogP contribution is -2.33. The van der Waals surface area contributed by atoms with Crippen LogP contribution in [0.25, 0.3) is 0 Å². The molecule has 0 amide bonds. The lowest BCUT2D eigenvalue weighted by atomic mass is 10.1. The molecule has 5 nitrogen and oxygen atoms in total. The van der Waals surface area contributed by atoms with Gasteiger partial charge in [-0.2, -0.15) is 5.26 Å². The zero-order chi connectivity index (χ0) is 14.5. The average molecular weight is 300 g/mol. The van der Waals surface area contributed by atoms with Crippen molar-refractivity contribution in [2.75, 3.05) is 12.8 Å². The topological polar surface area (TPSA) is 87.0 Å². The van der Waals surface area contributed by atoms with E-state index in [1.807, 2.05) is 6.07 Å². The van der Waals surface area contributed by atoms with Gasteiger partial charge in [0.1, 0.15) is 0 Å². The second-order valence-electron chi connectivity index (χ2n) is 4.19. The normalized spacial score (nSPS) is 14.6. The van der Waals surface area contributed by atoms with Gasteiger partial charge in [0.25, 0.3) is 0 Å². The highest BCUT2D eigenvalue weighted by Gasteiger charge is 2.16. The molecule has 0 aliphatic carbocycles. The Morgan fingerprint density at radius 1 is 1.42 bits per heavy atom. The first-order valence-electron chi connectivity index (χ1n) is 5.63. The maximum Gasteiger partial charge on any atom is 0.215 e. The van der Waals surface area contributed by atoms with Crippen LogP contribution in [0.15, 0.2) is 24.3 Å². The second-order valence-corrected chi connectivity index (χ2v) is 7.79. The first-order valence-corrected chi connectivity index (χ1v) is 8.90. The Balaban J connectivity index is 2.75. The first kappa shape index (κ1) is 15.8. The minimum atomic E-state index is -3.53. The number of hydrogen-bond acceptors (Lipinski definition) is 4. The Labute approximate surface area is 116 Å². The van der Waals surface area contributed by atoms with Crippen LogP contribution in [0.3, 0.4) is 0 Å². The molecule has 1 N–H and O–H groups in total. The molecule has 0 radical (unpaired) electrons. The molecule has 0 aliphatic heterocycles. The van der Waals surface area contributed by atoms with Crippen LogP contribution in [0.2, 0.25) is 0 Å². The van der Waals surface area contributed by atoms with E-state index >= 15 is 0 Å². The van der Waals surface area contributed by atoms with E-state index in [0.717, 1.165) is 0 Å². The van der Waals surface area contributed by atoms with Crippen LogP contribution in [0.4, 0.5) is 0 Å². The lowest BCUT2D eigenvalue weighted by molar-refractivity contribution is 0.579. The smallest absolute Gasteiger partial charge is 0.215 e. The van der Waals surface area contributed by atoms with E-state index in [1.165, 1.54) is 6.26 Å². The number of rotatable bonds is 6. The molecule has 1 aromatic carbocycles. The van der Waals surface area contributed by atoms with E-state index in [9.17, 15) is 12.6 Å². The molecule has 0 saturated heterocycles. The van der Waals surface area contributed by atoms with Crippen molar-refractivity contribution in [1.29, 1.82) is 5.26 Å². The summed E-state index contributed by atoms with van der Waals surface area (Å²) < 4.78 is 37.3. The number of nitrogens with one attached hydrogen (secondary N) is 1. The average Bonchev–Trinajstić information content (AvgIpc) is 2.36. The first-order chi connectivity index (χ1) is 8.85. The lowest BCUT2D eigenvalue weighted by Gasteiger charge is -2.11. The fraction of sp³-hybridized carbons (Fsp3) is 0.417. The van der Waals surface area contributed by atoms with Crippen LogP contribution in [0.5, 0.6) is 0 Å². The number of nitriles is 1.